The highest BCUT2D eigenvalue weighted by Crippen LogP contribution is 2.26. The molecule has 0 fully saturated rings. The molecule has 0 bridgehead atoms. The van der Waals surface area contributed by atoms with E-state index >= 15 is 0 Å². The molecule has 1 atom stereocenters. The number of aliphatic carboxylic acids is 1. The molecule has 0 unspecified atom stereocenters. The molecule has 0 aliphatic heterocycles. The summed E-state index contributed by atoms with van der Waals surface area (Å²) in [6, 6.07) is 3.90. The Morgan fingerprint density at radius 2 is 2.00 bits per heavy atom. The van der Waals surface area contributed by atoms with Gasteiger partial charge < -0.3 is 19.9 Å². The van der Waals surface area contributed by atoms with Gasteiger partial charge in [-0.2, -0.15) is 0 Å². The van der Waals surface area contributed by atoms with E-state index in [0.29, 0.717) is 22.9 Å². The Kier molecular flexibility index (Phi) is 6.69. The smallest absolute Gasteiger partial charge is 0.408 e. The fraction of sp³-hybridized carbons (Fsp3) is 0.500. The molecule has 0 aromatic heterocycles. The van der Waals surface area contributed by atoms with Crippen LogP contribution >= 0.6 is 11.6 Å². The highest BCUT2D eigenvalue weighted by molar-refractivity contribution is 6.32. The van der Waals surface area contributed by atoms with Gasteiger partial charge in [0.15, 0.2) is 0 Å². The number of carboxylic acids is 1. The lowest BCUT2D eigenvalue weighted by Crippen LogP contribution is -2.44. The standard InChI is InChI=1S/C16H22ClNO5/c1-5-22-13-7-6-10(8-11(13)17)9-12(14(19)20)18-15(21)23-16(2,3)4/h6-8,12H,5,9H2,1-4H3,(H,18,21)(H,19,20)/t12-/m0/s1. The quantitative estimate of drug-likeness (QED) is 0.828. The molecule has 0 aliphatic carbocycles. The number of carbonyl (C=O) groups is 2. The number of benzene rings is 1. The fourth-order valence-electron chi connectivity index (χ4n) is 1.83. The van der Waals surface area contributed by atoms with Crippen LogP contribution in [0, 0.1) is 0 Å². The molecular formula is C16H22ClNO5. The second-order valence-electron chi connectivity index (χ2n) is 5.94. The molecule has 0 spiro atoms. The zero-order valence-electron chi connectivity index (χ0n) is 13.7. The van der Waals surface area contributed by atoms with Crippen LogP contribution in [0.3, 0.4) is 0 Å². The zero-order valence-corrected chi connectivity index (χ0v) is 14.4. The monoisotopic (exact) mass is 343 g/mol. The summed E-state index contributed by atoms with van der Waals surface area (Å²) in [5, 5.41) is 12.0. The van der Waals surface area contributed by atoms with Gasteiger partial charge in [-0.1, -0.05) is 17.7 Å². The van der Waals surface area contributed by atoms with Crippen LogP contribution in [-0.4, -0.2) is 35.4 Å². The second-order valence-corrected chi connectivity index (χ2v) is 6.35. The third-order valence-electron chi connectivity index (χ3n) is 2.73. The minimum atomic E-state index is -1.15. The summed E-state index contributed by atoms with van der Waals surface area (Å²) in [5.41, 5.74) is -0.0304. The van der Waals surface area contributed by atoms with Crippen LogP contribution in [0.5, 0.6) is 5.75 Å². The van der Waals surface area contributed by atoms with E-state index in [1.807, 2.05) is 6.92 Å². The van der Waals surface area contributed by atoms with Crippen molar-refractivity contribution < 1.29 is 24.2 Å². The molecule has 0 radical (unpaired) electrons. The molecule has 1 rings (SSSR count). The van der Waals surface area contributed by atoms with E-state index in [9.17, 15) is 14.7 Å². The molecule has 1 amide bonds. The fourth-order valence-corrected chi connectivity index (χ4v) is 2.09. The van der Waals surface area contributed by atoms with E-state index < -0.39 is 23.7 Å². The Morgan fingerprint density at radius 3 is 2.48 bits per heavy atom. The molecule has 7 heteroatoms. The average Bonchev–Trinajstić information content (AvgIpc) is 2.39. The summed E-state index contributed by atoms with van der Waals surface area (Å²) < 4.78 is 10.4. The van der Waals surface area contributed by atoms with Gasteiger partial charge in [-0.25, -0.2) is 9.59 Å². The summed E-state index contributed by atoms with van der Waals surface area (Å²) >= 11 is 6.08. The van der Waals surface area contributed by atoms with Crippen molar-refractivity contribution in [3.8, 4) is 5.75 Å². The first kappa shape index (κ1) is 19.1. The molecule has 6 nitrogen and oxygen atoms in total. The van der Waals surface area contributed by atoms with Gasteiger partial charge in [0.25, 0.3) is 0 Å². The first-order valence-corrected chi connectivity index (χ1v) is 7.63. The third kappa shape index (κ3) is 6.78. The molecular weight excluding hydrogens is 322 g/mol. The topological polar surface area (TPSA) is 84.9 Å². The first-order valence-electron chi connectivity index (χ1n) is 7.26. The molecule has 0 saturated carbocycles. The van der Waals surface area contributed by atoms with Crippen LogP contribution in [-0.2, 0) is 16.0 Å². The highest BCUT2D eigenvalue weighted by Gasteiger charge is 2.24. The van der Waals surface area contributed by atoms with Crippen molar-refractivity contribution in [3.63, 3.8) is 0 Å². The van der Waals surface area contributed by atoms with E-state index in [4.69, 9.17) is 21.1 Å². The van der Waals surface area contributed by atoms with Crippen LogP contribution in [0.25, 0.3) is 0 Å². The minimum Gasteiger partial charge on any atom is -0.492 e. The van der Waals surface area contributed by atoms with Crippen LogP contribution in [0.15, 0.2) is 18.2 Å². The van der Waals surface area contributed by atoms with E-state index in [0.717, 1.165) is 0 Å². The Hall–Kier alpha value is -1.95. The summed E-state index contributed by atoms with van der Waals surface area (Å²) in [7, 11) is 0. The van der Waals surface area contributed by atoms with Gasteiger partial charge in [-0.05, 0) is 45.4 Å². The number of ether oxygens (including phenoxy) is 2. The Morgan fingerprint density at radius 1 is 1.35 bits per heavy atom. The van der Waals surface area contributed by atoms with Gasteiger partial charge in [0.1, 0.15) is 17.4 Å². The second kappa shape index (κ2) is 8.06. The predicted octanol–water partition coefficient (Wildman–Crippen LogP) is 3.26. The van der Waals surface area contributed by atoms with Crippen molar-refractivity contribution in [2.45, 2.75) is 45.8 Å². The summed E-state index contributed by atoms with van der Waals surface area (Å²) in [6.45, 7) is 7.43. The van der Waals surface area contributed by atoms with Gasteiger partial charge in [0.05, 0.1) is 11.6 Å². The number of carbonyl (C=O) groups excluding carboxylic acids is 1. The van der Waals surface area contributed by atoms with Crippen LogP contribution in [0.1, 0.15) is 33.3 Å². The van der Waals surface area contributed by atoms with Gasteiger partial charge in [-0.3, -0.25) is 0 Å². The van der Waals surface area contributed by atoms with E-state index in [2.05, 4.69) is 5.32 Å². The lowest BCUT2D eigenvalue weighted by atomic mass is 10.1. The van der Waals surface area contributed by atoms with E-state index in [-0.39, 0.29) is 6.42 Å². The molecule has 0 heterocycles. The molecule has 0 saturated heterocycles. The molecule has 2 N–H and O–H groups in total. The summed E-state index contributed by atoms with van der Waals surface area (Å²) in [6.07, 6.45) is -0.692. The van der Waals surface area contributed by atoms with Gasteiger partial charge >= 0.3 is 12.1 Å². The molecule has 0 aliphatic rings. The SMILES string of the molecule is CCOc1ccc(C[C@H](NC(=O)OC(C)(C)C)C(=O)O)cc1Cl. The highest BCUT2D eigenvalue weighted by atomic mass is 35.5. The number of carboxylic acid groups (broad SMARTS) is 1. The van der Waals surface area contributed by atoms with Crippen LogP contribution in [0.2, 0.25) is 5.02 Å². The van der Waals surface area contributed by atoms with Crippen molar-refractivity contribution in [3.05, 3.63) is 28.8 Å². The van der Waals surface area contributed by atoms with Crippen molar-refractivity contribution in [1.29, 1.82) is 0 Å². The average molecular weight is 344 g/mol. The first-order chi connectivity index (χ1) is 10.6. The van der Waals surface area contributed by atoms with Crippen LogP contribution < -0.4 is 10.1 Å². The van der Waals surface area contributed by atoms with Crippen molar-refractivity contribution >= 4 is 23.7 Å². The Balaban J connectivity index is 2.78. The Bertz CT molecular complexity index is 568. The number of alkyl carbamates (subject to hydrolysis) is 1. The molecule has 1 aromatic rings. The number of rotatable bonds is 6. The number of hydrogen-bond acceptors (Lipinski definition) is 4. The lowest BCUT2D eigenvalue weighted by Gasteiger charge is -2.22. The predicted molar refractivity (Wildman–Crippen MR) is 87.1 cm³/mol. The zero-order chi connectivity index (χ0) is 17.6. The third-order valence-corrected chi connectivity index (χ3v) is 3.02. The van der Waals surface area contributed by atoms with Gasteiger partial charge in [0, 0.05) is 6.42 Å². The minimum absolute atomic E-state index is 0.0840. The maximum Gasteiger partial charge on any atom is 0.408 e. The normalized spacial score (nSPS) is 12.4. The molecule has 23 heavy (non-hydrogen) atoms. The maximum atomic E-state index is 11.7. The van der Waals surface area contributed by atoms with Crippen molar-refractivity contribution in [2.24, 2.45) is 0 Å². The van der Waals surface area contributed by atoms with Gasteiger partial charge in [-0.15, -0.1) is 0 Å². The largest absolute Gasteiger partial charge is 0.492 e. The maximum absolute atomic E-state index is 11.7. The van der Waals surface area contributed by atoms with Crippen molar-refractivity contribution in [2.75, 3.05) is 6.61 Å². The van der Waals surface area contributed by atoms with Gasteiger partial charge in [0.2, 0.25) is 0 Å². The Labute approximate surface area is 140 Å². The lowest BCUT2D eigenvalue weighted by molar-refractivity contribution is -0.139. The summed E-state index contributed by atoms with van der Waals surface area (Å²) in [5.74, 6) is -0.620. The van der Waals surface area contributed by atoms with E-state index in [1.165, 1.54) is 0 Å². The van der Waals surface area contributed by atoms with Crippen molar-refractivity contribution in [1.82, 2.24) is 5.32 Å². The van der Waals surface area contributed by atoms with E-state index in [1.54, 1.807) is 39.0 Å². The summed E-state index contributed by atoms with van der Waals surface area (Å²) in [4.78, 5) is 23.1. The van der Waals surface area contributed by atoms with Crippen LogP contribution in [0.4, 0.5) is 4.79 Å². The molecule has 128 valence electrons. The number of amides is 1. The number of hydrogen-bond donors (Lipinski definition) is 2. The number of halogens is 1. The molecule has 1 aromatic carbocycles. The number of nitrogens with one attached hydrogen (secondary N) is 1.